The molecule has 3 rings (SSSR count). The van der Waals surface area contributed by atoms with Gasteiger partial charge in [0.15, 0.2) is 11.5 Å². The first kappa shape index (κ1) is 10.6. The molecule has 0 amide bonds. The fourth-order valence-corrected chi connectivity index (χ4v) is 1.88. The van der Waals surface area contributed by atoms with Gasteiger partial charge in [0.1, 0.15) is 11.6 Å². The minimum Gasteiger partial charge on any atom is -0.508 e. The quantitative estimate of drug-likeness (QED) is 0.713. The minimum atomic E-state index is 0.254. The van der Waals surface area contributed by atoms with Crippen molar-refractivity contribution in [2.24, 2.45) is 0 Å². The van der Waals surface area contributed by atoms with Gasteiger partial charge in [-0.1, -0.05) is 24.3 Å². The Bertz CT molecular complexity index is 705. The van der Waals surface area contributed by atoms with Crippen LogP contribution in [0.5, 0.6) is 5.75 Å². The number of pyridine rings is 1. The summed E-state index contributed by atoms with van der Waals surface area (Å²) in [5.74, 6) is 1.43. The summed E-state index contributed by atoms with van der Waals surface area (Å²) < 4.78 is 1.59. The summed E-state index contributed by atoms with van der Waals surface area (Å²) in [5, 5.41) is 14.0. The van der Waals surface area contributed by atoms with Crippen LogP contribution in [0.3, 0.4) is 0 Å². The van der Waals surface area contributed by atoms with Gasteiger partial charge in [0.05, 0.1) is 0 Å². The Hall–Kier alpha value is -2.56. The van der Waals surface area contributed by atoms with E-state index in [0.29, 0.717) is 23.7 Å². The molecular formula is C13H12N4O. The molecule has 2 aromatic heterocycles. The first-order chi connectivity index (χ1) is 8.74. The van der Waals surface area contributed by atoms with Crippen LogP contribution in [0.15, 0.2) is 42.5 Å². The van der Waals surface area contributed by atoms with E-state index in [2.05, 4.69) is 10.1 Å². The third kappa shape index (κ3) is 1.75. The second-order valence-electron chi connectivity index (χ2n) is 4.05. The summed E-state index contributed by atoms with van der Waals surface area (Å²) >= 11 is 0. The van der Waals surface area contributed by atoms with Crippen molar-refractivity contribution in [2.45, 2.75) is 6.42 Å². The number of hydrogen-bond donors (Lipinski definition) is 2. The Morgan fingerprint density at radius 3 is 2.72 bits per heavy atom. The molecule has 3 N–H and O–H groups in total. The fourth-order valence-electron chi connectivity index (χ4n) is 1.88. The summed E-state index contributed by atoms with van der Waals surface area (Å²) in [6.07, 6.45) is 0.480. The largest absolute Gasteiger partial charge is 0.508 e. The Balaban J connectivity index is 2.01. The zero-order valence-corrected chi connectivity index (χ0v) is 9.61. The minimum absolute atomic E-state index is 0.254. The lowest BCUT2D eigenvalue weighted by molar-refractivity contribution is 0.469. The molecule has 18 heavy (non-hydrogen) atoms. The third-order valence-corrected chi connectivity index (χ3v) is 2.77. The first-order valence-corrected chi connectivity index (χ1v) is 5.61. The van der Waals surface area contributed by atoms with Crippen LogP contribution >= 0.6 is 0 Å². The molecule has 1 aromatic carbocycles. The van der Waals surface area contributed by atoms with Crippen molar-refractivity contribution in [3.8, 4) is 5.75 Å². The van der Waals surface area contributed by atoms with Gasteiger partial charge in [0, 0.05) is 12.0 Å². The van der Waals surface area contributed by atoms with Crippen LogP contribution in [-0.2, 0) is 6.42 Å². The molecule has 0 saturated carbocycles. The molecule has 0 aliphatic heterocycles. The molecular weight excluding hydrogens is 228 g/mol. The average molecular weight is 240 g/mol. The number of nitrogen functional groups attached to an aromatic ring is 1. The summed E-state index contributed by atoms with van der Waals surface area (Å²) in [6, 6.07) is 12.6. The molecule has 90 valence electrons. The van der Waals surface area contributed by atoms with E-state index >= 15 is 0 Å². The van der Waals surface area contributed by atoms with E-state index in [0.717, 1.165) is 5.56 Å². The summed E-state index contributed by atoms with van der Waals surface area (Å²) in [7, 11) is 0. The maximum Gasteiger partial charge on any atom is 0.157 e. The number of anilines is 1. The summed E-state index contributed by atoms with van der Waals surface area (Å²) in [4.78, 5) is 4.37. The van der Waals surface area contributed by atoms with Crippen molar-refractivity contribution in [1.29, 1.82) is 0 Å². The molecule has 5 nitrogen and oxygen atoms in total. The molecule has 0 aliphatic carbocycles. The Labute approximate surface area is 104 Å². The van der Waals surface area contributed by atoms with E-state index in [-0.39, 0.29) is 5.75 Å². The Kier molecular flexibility index (Phi) is 2.37. The van der Waals surface area contributed by atoms with Gasteiger partial charge >= 0.3 is 0 Å². The number of hydrogen-bond acceptors (Lipinski definition) is 4. The Morgan fingerprint density at radius 2 is 1.94 bits per heavy atom. The smallest absolute Gasteiger partial charge is 0.157 e. The molecule has 0 saturated heterocycles. The van der Waals surface area contributed by atoms with Gasteiger partial charge in [-0.05, 0) is 18.2 Å². The lowest BCUT2D eigenvalue weighted by Gasteiger charge is -1.99. The monoisotopic (exact) mass is 240 g/mol. The van der Waals surface area contributed by atoms with Crippen LogP contribution < -0.4 is 5.73 Å². The zero-order chi connectivity index (χ0) is 12.5. The summed E-state index contributed by atoms with van der Waals surface area (Å²) in [5.41, 5.74) is 7.31. The highest BCUT2D eigenvalue weighted by atomic mass is 16.3. The number of aromatic nitrogens is 3. The van der Waals surface area contributed by atoms with Crippen molar-refractivity contribution in [3.05, 3.63) is 53.9 Å². The van der Waals surface area contributed by atoms with Gasteiger partial charge < -0.3 is 10.8 Å². The van der Waals surface area contributed by atoms with Crippen LogP contribution in [0.4, 0.5) is 5.82 Å². The molecule has 0 radical (unpaired) electrons. The molecule has 0 fully saturated rings. The predicted molar refractivity (Wildman–Crippen MR) is 68.3 cm³/mol. The van der Waals surface area contributed by atoms with Crippen molar-refractivity contribution in [2.75, 3.05) is 5.73 Å². The number of rotatable bonds is 2. The molecule has 0 aliphatic rings. The normalized spacial score (nSPS) is 10.9. The highest BCUT2D eigenvalue weighted by Gasteiger charge is 2.08. The molecule has 5 heteroatoms. The van der Waals surface area contributed by atoms with Gasteiger partial charge in [0.25, 0.3) is 0 Å². The molecule has 0 unspecified atom stereocenters. The highest BCUT2D eigenvalue weighted by molar-refractivity contribution is 5.46. The van der Waals surface area contributed by atoms with Gasteiger partial charge in [0.2, 0.25) is 0 Å². The topological polar surface area (TPSA) is 76.4 Å². The predicted octanol–water partition coefficient (Wildman–Crippen LogP) is 1.61. The molecule has 0 atom stereocenters. The van der Waals surface area contributed by atoms with Crippen molar-refractivity contribution in [1.82, 2.24) is 14.6 Å². The highest BCUT2D eigenvalue weighted by Crippen LogP contribution is 2.18. The van der Waals surface area contributed by atoms with Crippen molar-refractivity contribution < 1.29 is 5.11 Å². The van der Waals surface area contributed by atoms with Crippen molar-refractivity contribution >= 4 is 11.5 Å². The molecule has 2 heterocycles. The third-order valence-electron chi connectivity index (χ3n) is 2.77. The SMILES string of the molecule is Nc1cccc2nc(Cc3ccccc3O)nn12. The lowest BCUT2D eigenvalue weighted by Crippen LogP contribution is -1.98. The standard InChI is InChI=1S/C13H12N4O/c14-11-6-3-7-13-15-12(16-17(11)13)8-9-4-1-2-5-10(9)18/h1-7,18H,8,14H2. The van der Waals surface area contributed by atoms with Crippen LogP contribution in [-0.4, -0.2) is 19.7 Å². The lowest BCUT2D eigenvalue weighted by atomic mass is 10.1. The molecule has 0 bridgehead atoms. The van der Waals surface area contributed by atoms with Gasteiger partial charge in [-0.15, -0.1) is 5.10 Å². The maximum absolute atomic E-state index is 9.71. The van der Waals surface area contributed by atoms with E-state index in [1.165, 1.54) is 0 Å². The van der Waals surface area contributed by atoms with E-state index in [4.69, 9.17) is 5.73 Å². The molecule has 3 aromatic rings. The summed E-state index contributed by atoms with van der Waals surface area (Å²) in [6.45, 7) is 0. The van der Waals surface area contributed by atoms with E-state index < -0.39 is 0 Å². The van der Waals surface area contributed by atoms with Crippen LogP contribution in [0, 0.1) is 0 Å². The number of nitrogens with zero attached hydrogens (tertiary/aromatic N) is 3. The van der Waals surface area contributed by atoms with Gasteiger partial charge in [-0.25, -0.2) is 4.98 Å². The zero-order valence-electron chi connectivity index (χ0n) is 9.61. The van der Waals surface area contributed by atoms with Gasteiger partial charge in [-0.2, -0.15) is 4.52 Å². The number of phenols is 1. The van der Waals surface area contributed by atoms with E-state index in [9.17, 15) is 5.11 Å². The van der Waals surface area contributed by atoms with Crippen molar-refractivity contribution in [3.63, 3.8) is 0 Å². The van der Waals surface area contributed by atoms with Crippen LogP contribution in [0.1, 0.15) is 11.4 Å². The number of aromatic hydroxyl groups is 1. The number of nitrogens with two attached hydrogens (primary N) is 1. The number of fused-ring (bicyclic) bond motifs is 1. The number of phenolic OH excluding ortho intramolecular Hbond substituents is 1. The second kappa shape index (κ2) is 4.03. The van der Waals surface area contributed by atoms with Crippen LogP contribution in [0.2, 0.25) is 0 Å². The van der Waals surface area contributed by atoms with Gasteiger partial charge in [-0.3, -0.25) is 0 Å². The van der Waals surface area contributed by atoms with E-state index in [1.54, 1.807) is 22.7 Å². The maximum atomic E-state index is 9.71. The van der Waals surface area contributed by atoms with Crippen LogP contribution in [0.25, 0.3) is 5.65 Å². The average Bonchev–Trinajstić information content (AvgIpc) is 2.76. The Morgan fingerprint density at radius 1 is 1.11 bits per heavy atom. The number of para-hydroxylation sites is 1. The first-order valence-electron chi connectivity index (χ1n) is 5.61. The fraction of sp³-hybridized carbons (Fsp3) is 0.0769. The number of benzene rings is 1. The molecule has 0 spiro atoms. The second-order valence-corrected chi connectivity index (χ2v) is 4.05. The van der Waals surface area contributed by atoms with E-state index in [1.807, 2.05) is 24.3 Å².